The number of piperidine rings is 1. The van der Waals surface area contributed by atoms with Crippen LogP contribution in [0, 0.1) is 5.92 Å². The number of aliphatic hydroxyl groups excluding tert-OH is 1. The van der Waals surface area contributed by atoms with E-state index < -0.39 is 0 Å². The second kappa shape index (κ2) is 5.19. The molecule has 1 aromatic heterocycles. The third kappa shape index (κ3) is 2.87. The second-order valence-electron chi connectivity index (χ2n) is 5.36. The number of hydrogen-bond donors (Lipinski definition) is 1. The summed E-state index contributed by atoms with van der Waals surface area (Å²) in [4.78, 5) is 6.73. The molecule has 0 radical (unpaired) electrons. The Bertz CT molecular complexity index is 361. The Labute approximate surface area is 103 Å². The van der Waals surface area contributed by atoms with Crippen LogP contribution in [-0.4, -0.2) is 38.2 Å². The predicted octanol–water partition coefficient (Wildman–Crippen LogP) is 1.40. The highest BCUT2D eigenvalue weighted by atomic mass is 16.3. The molecule has 96 valence electrons. The average Bonchev–Trinajstić information content (AvgIpc) is 2.67. The summed E-state index contributed by atoms with van der Waals surface area (Å²) in [6.45, 7) is 6.07. The molecule has 3 atom stereocenters. The number of aliphatic hydroxyl groups is 1. The molecule has 0 bridgehead atoms. The molecule has 1 aromatic rings. The fraction of sp³-hybridized carbons (Fsp3) is 0.769. The number of imidazole rings is 1. The van der Waals surface area contributed by atoms with Crippen LogP contribution in [0.2, 0.25) is 0 Å². The van der Waals surface area contributed by atoms with E-state index in [0.29, 0.717) is 5.92 Å². The van der Waals surface area contributed by atoms with Gasteiger partial charge in [0.05, 0.1) is 12.6 Å². The maximum absolute atomic E-state index is 9.89. The molecule has 1 saturated heterocycles. The van der Waals surface area contributed by atoms with Crippen LogP contribution in [0.25, 0.3) is 0 Å². The lowest BCUT2D eigenvalue weighted by atomic mass is 9.90. The molecule has 1 N–H and O–H groups in total. The summed E-state index contributed by atoms with van der Waals surface area (Å²) in [7, 11) is 2.02. The molecule has 1 aliphatic rings. The van der Waals surface area contributed by atoms with Crippen LogP contribution >= 0.6 is 0 Å². The topological polar surface area (TPSA) is 41.3 Å². The fourth-order valence-electron chi connectivity index (χ4n) is 2.66. The van der Waals surface area contributed by atoms with Gasteiger partial charge in [-0.15, -0.1) is 0 Å². The maximum atomic E-state index is 9.89. The molecule has 17 heavy (non-hydrogen) atoms. The molecule has 4 heteroatoms. The van der Waals surface area contributed by atoms with E-state index in [2.05, 4.69) is 21.4 Å². The van der Waals surface area contributed by atoms with Crippen LogP contribution < -0.4 is 0 Å². The standard InChI is InChI=1S/C13H23N3O/c1-10-4-6-16(12(8-10)11(2)17)9-13-14-5-7-15(13)3/h5,7,10-12,17H,4,6,8-9H2,1-3H3. The van der Waals surface area contributed by atoms with E-state index in [1.165, 1.54) is 6.42 Å². The van der Waals surface area contributed by atoms with Crippen molar-refractivity contribution in [3.05, 3.63) is 18.2 Å². The summed E-state index contributed by atoms with van der Waals surface area (Å²) < 4.78 is 2.05. The molecule has 4 nitrogen and oxygen atoms in total. The Morgan fingerprint density at radius 2 is 2.35 bits per heavy atom. The van der Waals surface area contributed by atoms with E-state index in [0.717, 1.165) is 25.3 Å². The van der Waals surface area contributed by atoms with Gasteiger partial charge in [0.15, 0.2) is 0 Å². The van der Waals surface area contributed by atoms with Gasteiger partial charge in [-0.1, -0.05) is 6.92 Å². The van der Waals surface area contributed by atoms with E-state index in [1.807, 2.05) is 26.4 Å². The first kappa shape index (κ1) is 12.6. The first-order valence-corrected chi connectivity index (χ1v) is 6.46. The van der Waals surface area contributed by atoms with Gasteiger partial charge in [0.2, 0.25) is 0 Å². The highest BCUT2D eigenvalue weighted by Crippen LogP contribution is 2.25. The lowest BCUT2D eigenvalue weighted by Gasteiger charge is -2.39. The maximum Gasteiger partial charge on any atom is 0.122 e. The van der Waals surface area contributed by atoms with Crippen LogP contribution in [-0.2, 0) is 13.6 Å². The SMILES string of the molecule is CC1CCN(Cc2nccn2C)C(C(C)O)C1. The molecule has 1 aliphatic heterocycles. The van der Waals surface area contributed by atoms with Gasteiger partial charge in [0.25, 0.3) is 0 Å². The molecule has 0 aromatic carbocycles. The molecule has 0 amide bonds. The molecule has 2 rings (SSSR count). The fourth-order valence-corrected chi connectivity index (χ4v) is 2.66. The zero-order chi connectivity index (χ0) is 12.4. The van der Waals surface area contributed by atoms with E-state index >= 15 is 0 Å². The first-order chi connectivity index (χ1) is 8.08. The van der Waals surface area contributed by atoms with Gasteiger partial charge in [-0.25, -0.2) is 4.98 Å². The molecule has 0 spiro atoms. The Morgan fingerprint density at radius 1 is 1.59 bits per heavy atom. The van der Waals surface area contributed by atoms with Crippen molar-refractivity contribution >= 4 is 0 Å². The molecule has 0 aliphatic carbocycles. The minimum absolute atomic E-state index is 0.266. The van der Waals surface area contributed by atoms with Crippen molar-refractivity contribution < 1.29 is 5.11 Å². The third-order valence-electron chi connectivity index (χ3n) is 3.84. The summed E-state index contributed by atoms with van der Waals surface area (Å²) in [5.74, 6) is 1.79. The minimum Gasteiger partial charge on any atom is -0.392 e. The van der Waals surface area contributed by atoms with Crippen molar-refractivity contribution in [3.63, 3.8) is 0 Å². The normalized spacial score (nSPS) is 28.2. The largest absolute Gasteiger partial charge is 0.392 e. The van der Waals surface area contributed by atoms with Crippen LogP contribution in [0.3, 0.4) is 0 Å². The van der Waals surface area contributed by atoms with Gasteiger partial charge >= 0.3 is 0 Å². The number of likely N-dealkylation sites (tertiary alicyclic amines) is 1. The predicted molar refractivity (Wildman–Crippen MR) is 67.5 cm³/mol. The summed E-state index contributed by atoms with van der Waals surface area (Å²) in [5, 5.41) is 9.89. The Morgan fingerprint density at radius 3 is 2.94 bits per heavy atom. The zero-order valence-corrected chi connectivity index (χ0v) is 11.0. The van der Waals surface area contributed by atoms with Crippen LogP contribution in [0.4, 0.5) is 0 Å². The number of hydrogen-bond acceptors (Lipinski definition) is 3. The van der Waals surface area contributed by atoms with Crippen molar-refractivity contribution in [1.29, 1.82) is 0 Å². The third-order valence-corrected chi connectivity index (χ3v) is 3.84. The van der Waals surface area contributed by atoms with Gasteiger partial charge in [-0.2, -0.15) is 0 Å². The lowest BCUT2D eigenvalue weighted by Crippen LogP contribution is -2.47. The Kier molecular flexibility index (Phi) is 3.84. The summed E-state index contributed by atoms with van der Waals surface area (Å²) in [5.41, 5.74) is 0. The highest BCUT2D eigenvalue weighted by molar-refractivity contribution is 4.94. The van der Waals surface area contributed by atoms with Gasteiger partial charge in [-0.05, 0) is 32.2 Å². The van der Waals surface area contributed by atoms with E-state index in [-0.39, 0.29) is 12.1 Å². The van der Waals surface area contributed by atoms with Crippen molar-refractivity contribution in [2.24, 2.45) is 13.0 Å². The summed E-state index contributed by atoms with van der Waals surface area (Å²) in [6, 6.07) is 0.274. The van der Waals surface area contributed by atoms with E-state index in [4.69, 9.17) is 0 Å². The lowest BCUT2D eigenvalue weighted by molar-refractivity contribution is 0.0145. The zero-order valence-electron chi connectivity index (χ0n) is 11.0. The number of rotatable bonds is 3. The van der Waals surface area contributed by atoms with Crippen molar-refractivity contribution in [2.45, 2.75) is 45.4 Å². The summed E-state index contributed by atoms with van der Waals surface area (Å²) >= 11 is 0. The number of nitrogens with zero attached hydrogens (tertiary/aromatic N) is 3. The van der Waals surface area contributed by atoms with E-state index in [9.17, 15) is 5.11 Å². The van der Waals surface area contributed by atoms with E-state index in [1.54, 1.807) is 0 Å². The van der Waals surface area contributed by atoms with Gasteiger partial charge in [0.1, 0.15) is 5.82 Å². The smallest absolute Gasteiger partial charge is 0.122 e. The molecule has 0 saturated carbocycles. The van der Waals surface area contributed by atoms with Crippen LogP contribution in [0.15, 0.2) is 12.4 Å². The first-order valence-electron chi connectivity index (χ1n) is 6.46. The molecular formula is C13H23N3O. The van der Waals surface area contributed by atoms with Crippen molar-refractivity contribution in [2.75, 3.05) is 6.54 Å². The quantitative estimate of drug-likeness (QED) is 0.864. The monoisotopic (exact) mass is 237 g/mol. The Balaban J connectivity index is 2.05. The molecule has 2 heterocycles. The molecule has 3 unspecified atom stereocenters. The van der Waals surface area contributed by atoms with Crippen LogP contribution in [0.1, 0.15) is 32.5 Å². The minimum atomic E-state index is -0.266. The molecular weight excluding hydrogens is 214 g/mol. The Hall–Kier alpha value is -0.870. The number of aromatic nitrogens is 2. The number of aryl methyl sites for hydroxylation is 1. The van der Waals surface area contributed by atoms with Gasteiger partial charge in [-0.3, -0.25) is 4.90 Å². The van der Waals surface area contributed by atoms with Crippen LogP contribution in [0.5, 0.6) is 0 Å². The van der Waals surface area contributed by atoms with Crippen molar-refractivity contribution in [3.8, 4) is 0 Å². The average molecular weight is 237 g/mol. The van der Waals surface area contributed by atoms with Gasteiger partial charge < -0.3 is 9.67 Å². The highest BCUT2D eigenvalue weighted by Gasteiger charge is 2.30. The second-order valence-corrected chi connectivity index (χ2v) is 5.36. The summed E-state index contributed by atoms with van der Waals surface area (Å²) in [6.07, 6.45) is 5.84. The van der Waals surface area contributed by atoms with Gasteiger partial charge in [0, 0.05) is 25.5 Å². The molecule has 1 fully saturated rings. The van der Waals surface area contributed by atoms with Crippen molar-refractivity contribution in [1.82, 2.24) is 14.5 Å².